The Bertz CT molecular complexity index is 1080. The predicted octanol–water partition coefficient (Wildman–Crippen LogP) is 3.46. The fraction of sp³-hybridized carbons (Fsp3) is 0.292. The van der Waals surface area contributed by atoms with Gasteiger partial charge in [0.15, 0.2) is 0 Å². The highest BCUT2D eigenvalue weighted by molar-refractivity contribution is 5.94. The number of carbonyl (C=O) groups is 2. The first kappa shape index (κ1) is 19.9. The molecular formula is C24H26N4O2. The molecule has 0 radical (unpaired) electrons. The Kier molecular flexibility index (Phi) is 5.40. The fourth-order valence-corrected chi connectivity index (χ4v) is 3.90. The molecule has 0 spiro atoms. The number of aryl methyl sites for hydroxylation is 2. The van der Waals surface area contributed by atoms with E-state index in [1.807, 2.05) is 60.4 Å². The summed E-state index contributed by atoms with van der Waals surface area (Å²) >= 11 is 0. The van der Waals surface area contributed by atoms with Crippen molar-refractivity contribution in [2.24, 2.45) is 0 Å². The quantitative estimate of drug-likeness (QED) is 0.674. The number of nitrogens with zero attached hydrogens (tertiary/aromatic N) is 4. The molecule has 0 N–H and O–H groups in total. The summed E-state index contributed by atoms with van der Waals surface area (Å²) < 4.78 is 1.76. The Morgan fingerprint density at radius 1 is 0.867 bits per heavy atom. The van der Waals surface area contributed by atoms with Crippen LogP contribution in [0, 0.1) is 13.8 Å². The van der Waals surface area contributed by atoms with E-state index in [1.165, 1.54) is 5.56 Å². The molecule has 154 valence electrons. The lowest BCUT2D eigenvalue weighted by atomic mass is 10.1. The van der Waals surface area contributed by atoms with E-state index in [0.29, 0.717) is 31.9 Å². The standard InChI is InChI=1S/C24H26N4O2/c1-17-9-10-22(18(2)15-17)28-23(16-21(25-28)20-7-5-4-6-8-20)24(30)27-13-11-26(12-14-27)19(3)29/h4-10,15-16H,11-14H2,1-3H3. The smallest absolute Gasteiger partial charge is 0.272 e. The average Bonchev–Trinajstić information content (AvgIpc) is 3.19. The summed E-state index contributed by atoms with van der Waals surface area (Å²) in [4.78, 5) is 28.7. The molecule has 0 unspecified atom stereocenters. The van der Waals surface area contributed by atoms with E-state index in [2.05, 4.69) is 13.0 Å². The number of rotatable bonds is 3. The molecule has 0 aliphatic carbocycles. The summed E-state index contributed by atoms with van der Waals surface area (Å²) in [5.74, 6) is -0.0124. The van der Waals surface area contributed by atoms with Crippen LogP contribution in [-0.4, -0.2) is 57.6 Å². The molecule has 30 heavy (non-hydrogen) atoms. The Labute approximate surface area is 176 Å². The Morgan fingerprint density at radius 3 is 2.17 bits per heavy atom. The molecule has 0 atom stereocenters. The number of hydrogen-bond acceptors (Lipinski definition) is 3. The first-order chi connectivity index (χ1) is 14.4. The van der Waals surface area contributed by atoms with Gasteiger partial charge in [-0.1, -0.05) is 48.0 Å². The van der Waals surface area contributed by atoms with Gasteiger partial charge in [-0.05, 0) is 31.5 Å². The molecule has 6 nitrogen and oxygen atoms in total. The lowest BCUT2D eigenvalue weighted by molar-refractivity contribution is -0.130. The third kappa shape index (κ3) is 3.85. The van der Waals surface area contributed by atoms with Gasteiger partial charge in [0.05, 0.1) is 11.4 Å². The van der Waals surface area contributed by atoms with E-state index in [0.717, 1.165) is 22.5 Å². The molecule has 1 aliphatic rings. The molecule has 1 aromatic heterocycles. The van der Waals surface area contributed by atoms with Crippen molar-refractivity contribution < 1.29 is 9.59 Å². The van der Waals surface area contributed by atoms with Crippen molar-refractivity contribution in [1.82, 2.24) is 19.6 Å². The minimum absolute atomic E-state index is 0.0498. The van der Waals surface area contributed by atoms with Gasteiger partial charge in [0, 0.05) is 38.7 Å². The summed E-state index contributed by atoms with van der Waals surface area (Å²) in [7, 11) is 0. The van der Waals surface area contributed by atoms with E-state index in [4.69, 9.17) is 5.10 Å². The van der Waals surface area contributed by atoms with Gasteiger partial charge < -0.3 is 9.80 Å². The van der Waals surface area contributed by atoms with Crippen molar-refractivity contribution in [3.8, 4) is 16.9 Å². The maximum atomic E-state index is 13.5. The van der Waals surface area contributed by atoms with Crippen LogP contribution in [0.3, 0.4) is 0 Å². The van der Waals surface area contributed by atoms with Gasteiger partial charge in [0.1, 0.15) is 5.69 Å². The van der Waals surface area contributed by atoms with E-state index >= 15 is 0 Å². The summed E-state index contributed by atoms with van der Waals surface area (Å²) in [6, 6.07) is 17.9. The third-order valence-corrected chi connectivity index (χ3v) is 5.59. The monoisotopic (exact) mass is 402 g/mol. The SMILES string of the molecule is CC(=O)N1CCN(C(=O)c2cc(-c3ccccc3)nn2-c2ccc(C)cc2C)CC1. The molecule has 3 aromatic rings. The van der Waals surface area contributed by atoms with E-state index in [1.54, 1.807) is 16.5 Å². The second-order valence-electron chi connectivity index (χ2n) is 7.78. The van der Waals surface area contributed by atoms with Crippen molar-refractivity contribution in [2.45, 2.75) is 20.8 Å². The van der Waals surface area contributed by atoms with Gasteiger partial charge in [-0.2, -0.15) is 5.10 Å². The molecule has 1 aliphatic heterocycles. The normalized spacial score (nSPS) is 14.1. The summed E-state index contributed by atoms with van der Waals surface area (Å²) in [5.41, 5.74) is 5.40. The first-order valence-electron chi connectivity index (χ1n) is 10.2. The van der Waals surface area contributed by atoms with Crippen LogP contribution >= 0.6 is 0 Å². The van der Waals surface area contributed by atoms with Crippen LogP contribution in [0.1, 0.15) is 28.5 Å². The van der Waals surface area contributed by atoms with Crippen LogP contribution in [0.2, 0.25) is 0 Å². The molecule has 2 heterocycles. The maximum Gasteiger partial charge on any atom is 0.272 e. The third-order valence-electron chi connectivity index (χ3n) is 5.59. The molecule has 0 bridgehead atoms. The highest BCUT2D eigenvalue weighted by Crippen LogP contribution is 2.25. The highest BCUT2D eigenvalue weighted by atomic mass is 16.2. The fourth-order valence-electron chi connectivity index (χ4n) is 3.90. The number of aromatic nitrogens is 2. The Balaban J connectivity index is 1.73. The van der Waals surface area contributed by atoms with Crippen LogP contribution in [0.15, 0.2) is 54.6 Å². The van der Waals surface area contributed by atoms with Gasteiger partial charge in [-0.15, -0.1) is 0 Å². The van der Waals surface area contributed by atoms with Gasteiger partial charge in [-0.25, -0.2) is 4.68 Å². The second-order valence-corrected chi connectivity index (χ2v) is 7.78. The average molecular weight is 402 g/mol. The molecule has 6 heteroatoms. The largest absolute Gasteiger partial charge is 0.339 e. The number of amides is 2. The molecular weight excluding hydrogens is 376 g/mol. The molecule has 1 saturated heterocycles. The summed E-state index contributed by atoms with van der Waals surface area (Å²) in [6.45, 7) is 7.82. The second kappa shape index (κ2) is 8.14. The number of hydrogen-bond donors (Lipinski definition) is 0. The lowest BCUT2D eigenvalue weighted by Crippen LogP contribution is -2.50. The van der Waals surface area contributed by atoms with E-state index in [-0.39, 0.29) is 11.8 Å². The molecule has 4 rings (SSSR count). The molecule has 0 saturated carbocycles. The summed E-state index contributed by atoms with van der Waals surface area (Å²) in [5, 5.41) is 4.80. The van der Waals surface area contributed by atoms with Crippen molar-refractivity contribution in [1.29, 1.82) is 0 Å². The van der Waals surface area contributed by atoms with Crippen molar-refractivity contribution in [2.75, 3.05) is 26.2 Å². The minimum atomic E-state index is -0.0622. The van der Waals surface area contributed by atoms with Crippen molar-refractivity contribution >= 4 is 11.8 Å². The molecule has 2 amide bonds. The number of benzene rings is 2. The predicted molar refractivity (Wildman–Crippen MR) is 117 cm³/mol. The van der Waals surface area contributed by atoms with Crippen LogP contribution in [0.25, 0.3) is 16.9 Å². The van der Waals surface area contributed by atoms with Crippen LogP contribution in [0.5, 0.6) is 0 Å². The lowest BCUT2D eigenvalue weighted by Gasteiger charge is -2.34. The zero-order valence-electron chi connectivity index (χ0n) is 17.6. The van der Waals surface area contributed by atoms with Crippen LogP contribution in [0.4, 0.5) is 0 Å². The highest BCUT2D eigenvalue weighted by Gasteiger charge is 2.27. The number of carbonyl (C=O) groups excluding carboxylic acids is 2. The minimum Gasteiger partial charge on any atom is -0.339 e. The number of piperazine rings is 1. The van der Waals surface area contributed by atoms with Crippen molar-refractivity contribution in [3.63, 3.8) is 0 Å². The van der Waals surface area contributed by atoms with Crippen LogP contribution in [-0.2, 0) is 4.79 Å². The van der Waals surface area contributed by atoms with Crippen molar-refractivity contribution in [3.05, 3.63) is 71.4 Å². The molecule has 1 fully saturated rings. The Morgan fingerprint density at radius 2 is 1.53 bits per heavy atom. The maximum absolute atomic E-state index is 13.5. The Hall–Kier alpha value is -3.41. The van der Waals surface area contributed by atoms with Gasteiger partial charge >= 0.3 is 0 Å². The van der Waals surface area contributed by atoms with Crippen LogP contribution < -0.4 is 0 Å². The topological polar surface area (TPSA) is 58.4 Å². The van der Waals surface area contributed by atoms with Gasteiger partial charge in [0.2, 0.25) is 5.91 Å². The summed E-state index contributed by atoms with van der Waals surface area (Å²) in [6.07, 6.45) is 0. The zero-order chi connectivity index (χ0) is 21.3. The van der Waals surface area contributed by atoms with Gasteiger partial charge in [-0.3, -0.25) is 9.59 Å². The van der Waals surface area contributed by atoms with E-state index < -0.39 is 0 Å². The van der Waals surface area contributed by atoms with Gasteiger partial charge in [0.25, 0.3) is 5.91 Å². The van der Waals surface area contributed by atoms with E-state index in [9.17, 15) is 9.59 Å². The first-order valence-corrected chi connectivity index (χ1v) is 10.2. The zero-order valence-corrected chi connectivity index (χ0v) is 17.6. The molecule has 2 aromatic carbocycles.